The number of nitrogens with one attached hydrogen (secondary N) is 2. The molecule has 0 spiro atoms. The first-order chi connectivity index (χ1) is 11.4. The Kier molecular flexibility index (Phi) is 5.68. The molecular weight excluding hydrogens is 308 g/mol. The van der Waals surface area contributed by atoms with Gasteiger partial charge in [-0.3, -0.25) is 9.59 Å². The first kappa shape index (κ1) is 17.2. The normalized spacial score (nSPS) is 10.0. The number of rotatable bonds is 6. The third-order valence-electron chi connectivity index (χ3n) is 3.30. The number of benzene rings is 2. The number of hydrogen-bond acceptors (Lipinski definition) is 3. The van der Waals surface area contributed by atoms with E-state index in [0.29, 0.717) is 5.69 Å². The molecule has 0 heterocycles. The minimum absolute atomic E-state index is 0.149. The Morgan fingerprint density at radius 2 is 1.71 bits per heavy atom. The zero-order valence-electron chi connectivity index (χ0n) is 13.2. The average Bonchev–Trinajstić information content (AvgIpc) is 2.54. The molecule has 3 N–H and O–H groups in total. The van der Waals surface area contributed by atoms with Gasteiger partial charge in [0.15, 0.2) is 0 Å². The molecule has 0 aliphatic heterocycles. The lowest BCUT2D eigenvalue weighted by Crippen LogP contribution is -2.24. The van der Waals surface area contributed by atoms with Crippen molar-refractivity contribution in [3.63, 3.8) is 0 Å². The summed E-state index contributed by atoms with van der Waals surface area (Å²) in [7, 11) is 0. The summed E-state index contributed by atoms with van der Waals surface area (Å²) >= 11 is 0. The SMILES string of the molecule is CC(=O)Nc1ccc(CC(=O)NCc2cccc(C(=O)O)c2)cc1. The smallest absolute Gasteiger partial charge is 0.335 e. The second kappa shape index (κ2) is 7.92. The van der Waals surface area contributed by atoms with Crippen molar-refractivity contribution in [3.8, 4) is 0 Å². The van der Waals surface area contributed by atoms with Crippen LogP contribution >= 0.6 is 0 Å². The number of carboxylic acids is 1. The number of carbonyl (C=O) groups excluding carboxylic acids is 2. The largest absolute Gasteiger partial charge is 0.478 e. The van der Waals surface area contributed by atoms with E-state index in [0.717, 1.165) is 11.1 Å². The highest BCUT2D eigenvalue weighted by atomic mass is 16.4. The zero-order valence-corrected chi connectivity index (χ0v) is 13.2. The lowest BCUT2D eigenvalue weighted by atomic mass is 10.1. The summed E-state index contributed by atoms with van der Waals surface area (Å²) < 4.78 is 0. The van der Waals surface area contributed by atoms with Gasteiger partial charge in [0.2, 0.25) is 11.8 Å². The highest BCUT2D eigenvalue weighted by Gasteiger charge is 2.06. The molecule has 24 heavy (non-hydrogen) atoms. The van der Waals surface area contributed by atoms with Crippen LogP contribution in [0.25, 0.3) is 0 Å². The Labute approximate surface area is 139 Å². The predicted molar refractivity (Wildman–Crippen MR) is 89.7 cm³/mol. The molecule has 6 nitrogen and oxygen atoms in total. The van der Waals surface area contributed by atoms with E-state index >= 15 is 0 Å². The molecule has 0 saturated carbocycles. The first-order valence-corrected chi connectivity index (χ1v) is 7.39. The Morgan fingerprint density at radius 3 is 2.33 bits per heavy atom. The van der Waals surface area contributed by atoms with Gasteiger partial charge in [0, 0.05) is 19.2 Å². The van der Waals surface area contributed by atoms with E-state index in [4.69, 9.17) is 5.11 Å². The molecule has 0 radical (unpaired) electrons. The molecule has 0 fully saturated rings. The number of hydrogen-bond donors (Lipinski definition) is 3. The van der Waals surface area contributed by atoms with Gasteiger partial charge in [0.1, 0.15) is 0 Å². The van der Waals surface area contributed by atoms with Gasteiger partial charge in [0.05, 0.1) is 12.0 Å². The number of amides is 2. The maximum absolute atomic E-state index is 12.0. The van der Waals surface area contributed by atoms with E-state index < -0.39 is 5.97 Å². The molecule has 124 valence electrons. The van der Waals surface area contributed by atoms with Crippen LogP contribution in [0, 0.1) is 0 Å². The van der Waals surface area contributed by atoms with Gasteiger partial charge >= 0.3 is 5.97 Å². The van der Waals surface area contributed by atoms with E-state index in [2.05, 4.69) is 10.6 Å². The van der Waals surface area contributed by atoms with E-state index in [1.165, 1.54) is 19.1 Å². The molecule has 2 aromatic carbocycles. The van der Waals surface area contributed by atoms with Gasteiger partial charge in [-0.05, 0) is 35.4 Å². The van der Waals surface area contributed by atoms with Crippen molar-refractivity contribution < 1.29 is 19.5 Å². The molecule has 0 saturated heterocycles. The fourth-order valence-electron chi connectivity index (χ4n) is 2.17. The second-order valence-electron chi connectivity index (χ2n) is 5.34. The Morgan fingerprint density at radius 1 is 1.00 bits per heavy atom. The fraction of sp³-hybridized carbons (Fsp3) is 0.167. The van der Waals surface area contributed by atoms with E-state index in [1.807, 2.05) is 0 Å². The summed E-state index contributed by atoms with van der Waals surface area (Å²) in [5, 5.41) is 14.4. The van der Waals surface area contributed by atoms with Crippen molar-refractivity contribution in [2.24, 2.45) is 0 Å². The molecule has 2 aromatic rings. The lowest BCUT2D eigenvalue weighted by molar-refractivity contribution is -0.120. The van der Waals surface area contributed by atoms with Crippen LogP contribution in [0.4, 0.5) is 5.69 Å². The van der Waals surface area contributed by atoms with E-state index in [1.54, 1.807) is 36.4 Å². The molecule has 2 amide bonds. The van der Waals surface area contributed by atoms with Gasteiger partial charge in [-0.25, -0.2) is 4.79 Å². The number of carboxylic acid groups (broad SMARTS) is 1. The quantitative estimate of drug-likeness (QED) is 0.758. The second-order valence-corrected chi connectivity index (χ2v) is 5.34. The lowest BCUT2D eigenvalue weighted by Gasteiger charge is -2.07. The molecule has 0 atom stereocenters. The summed E-state index contributed by atoms with van der Waals surface area (Å²) in [6, 6.07) is 13.5. The molecule has 2 rings (SSSR count). The molecule has 0 aliphatic carbocycles. The topological polar surface area (TPSA) is 95.5 Å². The number of aromatic carboxylic acids is 1. The van der Waals surface area contributed by atoms with Crippen LogP contribution in [0.2, 0.25) is 0 Å². The number of anilines is 1. The van der Waals surface area contributed by atoms with Crippen LogP contribution in [0.3, 0.4) is 0 Å². The van der Waals surface area contributed by atoms with Gasteiger partial charge in [0.25, 0.3) is 0 Å². The molecule has 0 aliphatic rings. The predicted octanol–water partition coefficient (Wildman–Crippen LogP) is 2.20. The molecule has 0 aromatic heterocycles. The zero-order chi connectivity index (χ0) is 17.5. The van der Waals surface area contributed by atoms with Gasteiger partial charge in [-0.2, -0.15) is 0 Å². The third-order valence-corrected chi connectivity index (χ3v) is 3.30. The van der Waals surface area contributed by atoms with Crippen LogP contribution in [0.1, 0.15) is 28.4 Å². The summed E-state index contributed by atoms with van der Waals surface area (Å²) in [5.41, 5.74) is 2.41. The Hall–Kier alpha value is -3.15. The van der Waals surface area contributed by atoms with Gasteiger partial charge in [-0.1, -0.05) is 24.3 Å². The minimum atomic E-state index is -0.998. The highest BCUT2D eigenvalue weighted by molar-refractivity contribution is 5.89. The maximum Gasteiger partial charge on any atom is 0.335 e. The maximum atomic E-state index is 12.0. The van der Waals surface area contributed by atoms with E-state index in [-0.39, 0.29) is 30.3 Å². The first-order valence-electron chi connectivity index (χ1n) is 7.39. The van der Waals surface area contributed by atoms with Crippen LogP contribution in [-0.2, 0) is 22.6 Å². The Balaban J connectivity index is 1.88. The summed E-state index contributed by atoms with van der Waals surface area (Å²) in [6.07, 6.45) is 0.207. The molecule has 6 heteroatoms. The minimum Gasteiger partial charge on any atom is -0.478 e. The van der Waals surface area contributed by atoms with Crippen molar-refractivity contribution in [2.45, 2.75) is 19.9 Å². The van der Waals surface area contributed by atoms with E-state index in [9.17, 15) is 14.4 Å². The van der Waals surface area contributed by atoms with Crippen molar-refractivity contribution in [2.75, 3.05) is 5.32 Å². The fourth-order valence-corrected chi connectivity index (χ4v) is 2.17. The van der Waals surface area contributed by atoms with Crippen molar-refractivity contribution in [3.05, 3.63) is 65.2 Å². The van der Waals surface area contributed by atoms with Gasteiger partial charge in [-0.15, -0.1) is 0 Å². The number of carbonyl (C=O) groups is 3. The molecule has 0 unspecified atom stereocenters. The average molecular weight is 326 g/mol. The van der Waals surface area contributed by atoms with Crippen LogP contribution < -0.4 is 10.6 Å². The standard InChI is InChI=1S/C18H18N2O4/c1-12(21)20-16-7-5-13(6-8-16)10-17(22)19-11-14-3-2-4-15(9-14)18(23)24/h2-9H,10-11H2,1H3,(H,19,22)(H,20,21)(H,23,24). The van der Waals surface area contributed by atoms with Crippen LogP contribution in [-0.4, -0.2) is 22.9 Å². The third kappa shape index (κ3) is 5.24. The van der Waals surface area contributed by atoms with Gasteiger partial charge < -0.3 is 15.7 Å². The highest BCUT2D eigenvalue weighted by Crippen LogP contribution is 2.10. The monoisotopic (exact) mass is 326 g/mol. The molecular formula is C18H18N2O4. The van der Waals surface area contributed by atoms with Crippen molar-refractivity contribution in [1.29, 1.82) is 0 Å². The summed E-state index contributed by atoms with van der Waals surface area (Å²) in [4.78, 5) is 33.8. The van der Waals surface area contributed by atoms with Crippen LogP contribution in [0.15, 0.2) is 48.5 Å². The van der Waals surface area contributed by atoms with Crippen molar-refractivity contribution >= 4 is 23.5 Å². The van der Waals surface area contributed by atoms with Crippen molar-refractivity contribution in [1.82, 2.24) is 5.32 Å². The molecule has 0 bridgehead atoms. The summed E-state index contributed by atoms with van der Waals surface area (Å²) in [5.74, 6) is -1.31. The van der Waals surface area contributed by atoms with Crippen LogP contribution in [0.5, 0.6) is 0 Å². The Bertz CT molecular complexity index is 754. The summed E-state index contributed by atoms with van der Waals surface area (Å²) in [6.45, 7) is 1.70.